The molecule has 0 saturated carbocycles. The zero-order chi connectivity index (χ0) is 17.5. The second kappa shape index (κ2) is 8.67. The summed E-state index contributed by atoms with van der Waals surface area (Å²) in [5.74, 6) is 2.66. The van der Waals surface area contributed by atoms with Crippen LogP contribution in [-0.4, -0.2) is 32.1 Å². The highest BCUT2D eigenvalue weighted by Gasteiger charge is 2.13. The van der Waals surface area contributed by atoms with Gasteiger partial charge in [0.1, 0.15) is 5.75 Å². The van der Waals surface area contributed by atoms with E-state index in [1.165, 1.54) is 0 Å². The van der Waals surface area contributed by atoms with Gasteiger partial charge in [0, 0.05) is 30.3 Å². The van der Waals surface area contributed by atoms with Gasteiger partial charge in [-0.25, -0.2) is 0 Å². The van der Waals surface area contributed by atoms with Gasteiger partial charge in [-0.1, -0.05) is 36.9 Å². The molecule has 130 valence electrons. The van der Waals surface area contributed by atoms with Gasteiger partial charge in [-0.05, 0) is 37.1 Å². The van der Waals surface area contributed by atoms with Crippen LogP contribution in [0, 0.1) is 6.92 Å². The zero-order valence-electron chi connectivity index (χ0n) is 14.6. The quantitative estimate of drug-likeness (QED) is 0.447. The first kappa shape index (κ1) is 17.5. The van der Waals surface area contributed by atoms with E-state index >= 15 is 0 Å². The lowest BCUT2D eigenvalue weighted by atomic mass is 10.2. The molecule has 25 heavy (non-hydrogen) atoms. The molecule has 0 saturated heterocycles. The maximum Gasteiger partial charge on any atom is 0.191 e. The molecule has 5 nitrogen and oxygen atoms in total. The molecule has 0 fully saturated rings. The van der Waals surface area contributed by atoms with Gasteiger partial charge in [-0.15, -0.1) is 10.2 Å². The number of aryl methyl sites for hydroxylation is 1. The first-order valence-electron chi connectivity index (χ1n) is 8.44. The van der Waals surface area contributed by atoms with Crippen molar-refractivity contribution in [3.8, 4) is 17.1 Å². The van der Waals surface area contributed by atoms with Gasteiger partial charge in [-0.2, -0.15) is 0 Å². The molecule has 2 heterocycles. The van der Waals surface area contributed by atoms with Crippen LogP contribution in [0.2, 0.25) is 0 Å². The van der Waals surface area contributed by atoms with E-state index in [1.54, 1.807) is 24.2 Å². The van der Waals surface area contributed by atoms with Crippen molar-refractivity contribution in [1.82, 2.24) is 19.7 Å². The number of rotatable bonds is 8. The Morgan fingerprint density at radius 3 is 2.64 bits per heavy atom. The van der Waals surface area contributed by atoms with E-state index in [9.17, 15) is 0 Å². The largest absolute Gasteiger partial charge is 0.492 e. The van der Waals surface area contributed by atoms with Crippen LogP contribution in [0.25, 0.3) is 11.4 Å². The predicted molar refractivity (Wildman–Crippen MR) is 101 cm³/mol. The lowest BCUT2D eigenvalue weighted by Crippen LogP contribution is -2.05. The van der Waals surface area contributed by atoms with Crippen molar-refractivity contribution in [2.45, 2.75) is 32.0 Å². The number of benzene rings is 1. The molecule has 0 radical (unpaired) electrons. The van der Waals surface area contributed by atoms with Gasteiger partial charge in [0.05, 0.1) is 6.61 Å². The molecule has 3 rings (SSSR count). The highest BCUT2D eigenvalue weighted by atomic mass is 32.2. The predicted octanol–water partition coefficient (Wildman–Crippen LogP) is 4.23. The summed E-state index contributed by atoms with van der Waals surface area (Å²) in [4.78, 5) is 4.07. The van der Waals surface area contributed by atoms with E-state index < -0.39 is 0 Å². The molecule has 0 aliphatic heterocycles. The Kier molecular flexibility index (Phi) is 6.06. The van der Waals surface area contributed by atoms with Crippen molar-refractivity contribution in [2.24, 2.45) is 0 Å². The minimum absolute atomic E-state index is 0.638. The van der Waals surface area contributed by atoms with Crippen LogP contribution in [-0.2, 0) is 6.54 Å². The van der Waals surface area contributed by atoms with Crippen LogP contribution >= 0.6 is 11.8 Å². The third-order valence-electron chi connectivity index (χ3n) is 3.77. The molecule has 0 unspecified atom stereocenters. The Morgan fingerprint density at radius 1 is 1.08 bits per heavy atom. The van der Waals surface area contributed by atoms with E-state index in [4.69, 9.17) is 4.74 Å². The number of hydrogen-bond acceptors (Lipinski definition) is 5. The number of para-hydroxylation sites is 1. The SMILES string of the molecule is CCCn1c(SCCOc2ccccc2C)nnc1-c1ccncc1. The smallest absolute Gasteiger partial charge is 0.191 e. The van der Waals surface area contributed by atoms with Gasteiger partial charge < -0.3 is 9.30 Å². The van der Waals surface area contributed by atoms with Crippen LogP contribution in [0.1, 0.15) is 18.9 Å². The molecule has 2 aromatic heterocycles. The molecule has 0 atom stereocenters. The first-order chi connectivity index (χ1) is 12.3. The molecule has 1 aromatic carbocycles. The molecule has 3 aromatic rings. The van der Waals surface area contributed by atoms with Gasteiger partial charge in [-0.3, -0.25) is 4.98 Å². The van der Waals surface area contributed by atoms with Crippen molar-refractivity contribution in [1.29, 1.82) is 0 Å². The summed E-state index contributed by atoms with van der Waals surface area (Å²) in [6.07, 6.45) is 4.59. The standard InChI is InChI=1S/C19H22N4OS/c1-3-12-23-18(16-8-10-20-11-9-16)21-22-19(23)25-14-13-24-17-7-5-4-6-15(17)2/h4-11H,3,12-14H2,1-2H3. The average molecular weight is 354 g/mol. The maximum atomic E-state index is 5.86. The Labute approximate surface area is 152 Å². The van der Waals surface area contributed by atoms with Gasteiger partial charge in [0.2, 0.25) is 0 Å². The summed E-state index contributed by atoms with van der Waals surface area (Å²) in [6, 6.07) is 12.0. The normalized spacial score (nSPS) is 10.8. The number of nitrogens with zero attached hydrogens (tertiary/aromatic N) is 4. The van der Waals surface area contributed by atoms with Crippen LogP contribution in [0.3, 0.4) is 0 Å². The number of ether oxygens (including phenoxy) is 1. The molecule has 0 aliphatic carbocycles. The second-order valence-electron chi connectivity index (χ2n) is 5.66. The van der Waals surface area contributed by atoms with Gasteiger partial charge in [0.25, 0.3) is 0 Å². The Bertz CT molecular complexity index is 804. The van der Waals surface area contributed by atoms with E-state index in [0.29, 0.717) is 6.61 Å². The van der Waals surface area contributed by atoms with Crippen LogP contribution in [0.4, 0.5) is 0 Å². The highest BCUT2D eigenvalue weighted by molar-refractivity contribution is 7.99. The van der Waals surface area contributed by atoms with Gasteiger partial charge >= 0.3 is 0 Å². The summed E-state index contributed by atoms with van der Waals surface area (Å²) in [6.45, 7) is 5.75. The summed E-state index contributed by atoms with van der Waals surface area (Å²) < 4.78 is 8.04. The number of thioether (sulfide) groups is 1. The summed E-state index contributed by atoms with van der Waals surface area (Å²) in [5, 5.41) is 9.69. The molecule has 6 heteroatoms. The third-order valence-corrected chi connectivity index (χ3v) is 4.70. The summed E-state index contributed by atoms with van der Waals surface area (Å²) in [5.41, 5.74) is 2.19. The number of pyridine rings is 1. The molecular weight excluding hydrogens is 332 g/mol. The highest BCUT2D eigenvalue weighted by Crippen LogP contribution is 2.24. The fraction of sp³-hybridized carbons (Fsp3) is 0.316. The fourth-order valence-corrected chi connectivity index (χ4v) is 3.32. The lowest BCUT2D eigenvalue weighted by Gasteiger charge is -2.10. The van der Waals surface area contributed by atoms with E-state index in [2.05, 4.69) is 39.7 Å². The minimum Gasteiger partial charge on any atom is -0.492 e. The molecule has 0 spiro atoms. The molecule has 0 bridgehead atoms. The van der Waals surface area contributed by atoms with Crippen LogP contribution in [0.5, 0.6) is 5.75 Å². The topological polar surface area (TPSA) is 52.8 Å². The molecular formula is C19H22N4OS. The summed E-state index contributed by atoms with van der Waals surface area (Å²) in [7, 11) is 0. The Hall–Kier alpha value is -2.34. The average Bonchev–Trinajstić information content (AvgIpc) is 3.04. The first-order valence-corrected chi connectivity index (χ1v) is 9.43. The minimum atomic E-state index is 0.638. The lowest BCUT2D eigenvalue weighted by molar-refractivity contribution is 0.341. The molecule has 0 aliphatic rings. The zero-order valence-corrected chi connectivity index (χ0v) is 15.4. The Balaban J connectivity index is 1.64. The van der Waals surface area contributed by atoms with Crippen molar-refractivity contribution >= 4 is 11.8 Å². The number of aromatic nitrogens is 4. The molecule has 0 amide bonds. The fourth-order valence-electron chi connectivity index (χ4n) is 2.54. The maximum absolute atomic E-state index is 5.86. The molecule has 0 N–H and O–H groups in total. The van der Waals surface area contributed by atoms with Crippen LogP contribution < -0.4 is 4.74 Å². The van der Waals surface area contributed by atoms with Crippen LogP contribution in [0.15, 0.2) is 53.9 Å². The number of hydrogen-bond donors (Lipinski definition) is 0. The van der Waals surface area contributed by atoms with Crippen molar-refractivity contribution < 1.29 is 4.74 Å². The van der Waals surface area contributed by atoms with E-state index in [-0.39, 0.29) is 0 Å². The van der Waals surface area contributed by atoms with Gasteiger partial charge in [0.15, 0.2) is 11.0 Å². The second-order valence-corrected chi connectivity index (χ2v) is 6.72. The van der Waals surface area contributed by atoms with E-state index in [0.717, 1.165) is 46.6 Å². The monoisotopic (exact) mass is 354 g/mol. The van der Waals surface area contributed by atoms with Crippen molar-refractivity contribution in [3.63, 3.8) is 0 Å². The summed E-state index contributed by atoms with van der Waals surface area (Å²) >= 11 is 1.68. The van der Waals surface area contributed by atoms with Crippen molar-refractivity contribution in [2.75, 3.05) is 12.4 Å². The Morgan fingerprint density at radius 2 is 1.88 bits per heavy atom. The van der Waals surface area contributed by atoms with Crippen molar-refractivity contribution in [3.05, 3.63) is 54.4 Å². The van der Waals surface area contributed by atoms with E-state index in [1.807, 2.05) is 30.3 Å². The third kappa shape index (κ3) is 4.39.